The molecule has 0 aliphatic rings. The second-order valence-corrected chi connectivity index (χ2v) is 8.50. The molecule has 0 aromatic heterocycles. The standard InChI is InChI=1S/C21H26N2O6S/c1-6-19(23(30(5,26)27)15-9-7-10-16(13-15)28-3)20(24)22-18-12-8-11-17(14(18)2)21(25)29-4/h7-13,19H,6H2,1-5H3,(H,22,24). The van der Waals surface area contributed by atoms with Crippen LogP contribution in [-0.2, 0) is 19.6 Å². The predicted octanol–water partition coefficient (Wildman–Crippen LogP) is 2.97. The number of nitrogens with zero attached hydrogens (tertiary/aromatic N) is 1. The van der Waals surface area contributed by atoms with Crippen LogP contribution < -0.4 is 14.4 Å². The molecule has 0 radical (unpaired) electrons. The molecule has 0 bridgehead atoms. The SMILES string of the molecule is CCC(C(=O)Nc1cccc(C(=O)OC)c1C)N(c1cccc(OC)c1)S(C)(=O)=O. The highest BCUT2D eigenvalue weighted by Crippen LogP contribution is 2.27. The predicted molar refractivity (Wildman–Crippen MR) is 116 cm³/mol. The maximum Gasteiger partial charge on any atom is 0.338 e. The van der Waals surface area contributed by atoms with E-state index in [1.54, 1.807) is 56.3 Å². The van der Waals surface area contributed by atoms with Gasteiger partial charge in [-0.2, -0.15) is 0 Å². The number of anilines is 2. The average Bonchev–Trinajstić information content (AvgIpc) is 2.71. The first-order valence-electron chi connectivity index (χ1n) is 9.26. The number of carbonyl (C=O) groups excluding carboxylic acids is 2. The van der Waals surface area contributed by atoms with Crippen LogP contribution >= 0.6 is 0 Å². The Labute approximate surface area is 176 Å². The Bertz CT molecular complexity index is 1040. The number of ether oxygens (including phenoxy) is 2. The minimum Gasteiger partial charge on any atom is -0.497 e. The van der Waals surface area contributed by atoms with Gasteiger partial charge in [-0.05, 0) is 43.2 Å². The van der Waals surface area contributed by atoms with Crippen LogP contribution in [0.25, 0.3) is 0 Å². The van der Waals surface area contributed by atoms with E-state index >= 15 is 0 Å². The van der Waals surface area contributed by atoms with Crippen molar-refractivity contribution in [2.75, 3.05) is 30.1 Å². The zero-order valence-electron chi connectivity index (χ0n) is 17.6. The van der Waals surface area contributed by atoms with Crippen LogP contribution in [0.4, 0.5) is 11.4 Å². The number of sulfonamides is 1. The van der Waals surface area contributed by atoms with Gasteiger partial charge in [0.15, 0.2) is 0 Å². The van der Waals surface area contributed by atoms with E-state index in [2.05, 4.69) is 5.32 Å². The van der Waals surface area contributed by atoms with Crippen LogP contribution in [0.2, 0.25) is 0 Å². The summed E-state index contributed by atoms with van der Waals surface area (Å²) in [6.07, 6.45) is 1.28. The number of hydrogen-bond donors (Lipinski definition) is 1. The van der Waals surface area contributed by atoms with Gasteiger partial charge in [0.2, 0.25) is 15.9 Å². The van der Waals surface area contributed by atoms with E-state index in [4.69, 9.17) is 9.47 Å². The van der Waals surface area contributed by atoms with Crippen molar-refractivity contribution in [3.05, 3.63) is 53.6 Å². The van der Waals surface area contributed by atoms with Crippen LogP contribution in [0, 0.1) is 6.92 Å². The Morgan fingerprint density at radius 2 is 1.80 bits per heavy atom. The van der Waals surface area contributed by atoms with Crippen molar-refractivity contribution in [3.63, 3.8) is 0 Å². The maximum atomic E-state index is 13.1. The Hall–Kier alpha value is -3.07. The first-order valence-corrected chi connectivity index (χ1v) is 11.1. The Balaban J connectivity index is 2.43. The summed E-state index contributed by atoms with van der Waals surface area (Å²) in [4.78, 5) is 25.0. The molecule has 0 saturated heterocycles. The van der Waals surface area contributed by atoms with Gasteiger partial charge in [-0.25, -0.2) is 13.2 Å². The summed E-state index contributed by atoms with van der Waals surface area (Å²) in [5.41, 5.74) is 1.57. The maximum absolute atomic E-state index is 13.1. The van der Waals surface area contributed by atoms with E-state index in [1.807, 2.05) is 0 Å². The summed E-state index contributed by atoms with van der Waals surface area (Å²) < 4.78 is 36.2. The highest BCUT2D eigenvalue weighted by molar-refractivity contribution is 7.92. The molecular formula is C21H26N2O6S. The van der Waals surface area contributed by atoms with Crippen LogP contribution in [0.3, 0.4) is 0 Å². The van der Waals surface area contributed by atoms with Crippen LogP contribution in [0.1, 0.15) is 29.3 Å². The van der Waals surface area contributed by atoms with Crippen LogP contribution in [0.15, 0.2) is 42.5 Å². The topological polar surface area (TPSA) is 102 Å². The van der Waals surface area contributed by atoms with Gasteiger partial charge in [0, 0.05) is 11.8 Å². The third kappa shape index (κ3) is 5.10. The fourth-order valence-corrected chi connectivity index (χ4v) is 4.33. The zero-order valence-corrected chi connectivity index (χ0v) is 18.4. The first-order chi connectivity index (χ1) is 14.1. The van der Waals surface area contributed by atoms with Crippen molar-refractivity contribution in [3.8, 4) is 5.75 Å². The van der Waals surface area contributed by atoms with Crippen molar-refractivity contribution < 1.29 is 27.5 Å². The number of hydrogen-bond acceptors (Lipinski definition) is 6. The summed E-state index contributed by atoms with van der Waals surface area (Å²) in [6.45, 7) is 3.40. The molecule has 0 saturated carbocycles. The van der Waals surface area contributed by atoms with Crippen molar-refractivity contribution >= 4 is 33.3 Å². The molecule has 1 N–H and O–H groups in total. The molecule has 162 valence electrons. The van der Waals surface area contributed by atoms with E-state index in [-0.39, 0.29) is 6.42 Å². The molecule has 2 rings (SSSR count). The summed E-state index contributed by atoms with van der Waals surface area (Å²) >= 11 is 0. The molecule has 9 heteroatoms. The minimum atomic E-state index is -3.78. The molecule has 0 spiro atoms. The van der Waals surface area contributed by atoms with Crippen molar-refractivity contribution in [1.82, 2.24) is 0 Å². The lowest BCUT2D eigenvalue weighted by Gasteiger charge is -2.30. The van der Waals surface area contributed by atoms with E-state index in [0.717, 1.165) is 10.6 Å². The van der Waals surface area contributed by atoms with Crippen LogP contribution in [-0.4, -0.2) is 46.8 Å². The highest BCUT2D eigenvalue weighted by Gasteiger charge is 2.32. The lowest BCUT2D eigenvalue weighted by molar-refractivity contribution is -0.117. The largest absolute Gasteiger partial charge is 0.497 e. The van der Waals surface area contributed by atoms with Gasteiger partial charge in [-0.1, -0.05) is 19.1 Å². The summed E-state index contributed by atoms with van der Waals surface area (Å²) in [5.74, 6) is -0.571. The number of methoxy groups -OCH3 is 2. The van der Waals surface area contributed by atoms with E-state index in [1.165, 1.54) is 14.2 Å². The second-order valence-electron chi connectivity index (χ2n) is 6.64. The van der Waals surface area contributed by atoms with E-state index in [0.29, 0.717) is 28.3 Å². The van der Waals surface area contributed by atoms with Gasteiger partial charge < -0.3 is 14.8 Å². The monoisotopic (exact) mass is 434 g/mol. The highest BCUT2D eigenvalue weighted by atomic mass is 32.2. The van der Waals surface area contributed by atoms with Gasteiger partial charge >= 0.3 is 5.97 Å². The van der Waals surface area contributed by atoms with Gasteiger partial charge in [0.25, 0.3) is 0 Å². The lowest BCUT2D eigenvalue weighted by atomic mass is 10.1. The number of nitrogens with one attached hydrogen (secondary N) is 1. The minimum absolute atomic E-state index is 0.228. The van der Waals surface area contributed by atoms with Crippen LogP contribution in [0.5, 0.6) is 5.75 Å². The fraction of sp³-hybridized carbons (Fsp3) is 0.333. The number of benzene rings is 2. The number of esters is 1. The molecule has 0 aliphatic carbocycles. The van der Waals surface area contributed by atoms with Gasteiger partial charge in [0.1, 0.15) is 11.8 Å². The van der Waals surface area contributed by atoms with E-state index < -0.39 is 27.9 Å². The zero-order chi connectivity index (χ0) is 22.5. The smallest absolute Gasteiger partial charge is 0.338 e. The number of amides is 1. The Kier molecular flexibility index (Phi) is 7.44. The quantitative estimate of drug-likeness (QED) is 0.641. The van der Waals surface area contributed by atoms with Crippen molar-refractivity contribution in [2.24, 2.45) is 0 Å². The van der Waals surface area contributed by atoms with Gasteiger partial charge in [-0.15, -0.1) is 0 Å². The molecule has 0 heterocycles. The molecule has 1 amide bonds. The Morgan fingerprint density at radius 1 is 1.13 bits per heavy atom. The molecular weight excluding hydrogens is 408 g/mol. The molecule has 2 aromatic rings. The molecule has 1 atom stereocenters. The summed E-state index contributed by atoms with van der Waals surface area (Å²) in [5, 5.41) is 2.75. The molecule has 8 nitrogen and oxygen atoms in total. The molecule has 2 aromatic carbocycles. The lowest BCUT2D eigenvalue weighted by Crippen LogP contribution is -2.47. The summed E-state index contributed by atoms with van der Waals surface area (Å²) in [6, 6.07) is 10.3. The number of carbonyl (C=O) groups is 2. The third-order valence-corrected chi connectivity index (χ3v) is 5.81. The van der Waals surface area contributed by atoms with Crippen molar-refractivity contribution in [1.29, 1.82) is 0 Å². The van der Waals surface area contributed by atoms with Crippen molar-refractivity contribution in [2.45, 2.75) is 26.3 Å². The first kappa shape index (κ1) is 23.2. The van der Waals surface area contributed by atoms with E-state index in [9.17, 15) is 18.0 Å². The normalized spacial score (nSPS) is 12.0. The average molecular weight is 435 g/mol. The van der Waals surface area contributed by atoms with Gasteiger partial charge in [0.05, 0.1) is 31.7 Å². The molecule has 0 fully saturated rings. The number of rotatable bonds is 8. The molecule has 30 heavy (non-hydrogen) atoms. The Morgan fingerprint density at radius 3 is 2.37 bits per heavy atom. The molecule has 1 unspecified atom stereocenters. The molecule has 0 aliphatic heterocycles. The third-order valence-electron chi connectivity index (χ3n) is 4.63. The summed E-state index contributed by atoms with van der Waals surface area (Å²) in [7, 11) is -1.03. The van der Waals surface area contributed by atoms with Gasteiger partial charge in [-0.3, -0.25) is 9.10 Å². The fourth-order valence-electron chi connectivity index (χ4n) is 3.13. The second kappa shape index (κ2) is 9.62.